The summed E-state index contributed by atoms with van der Waals surface area (Å²) in [5, 5.41) is 4.01. The van der Waals surface area contributed by atoms with Gasteiger partial charge in [0.15, 0.2) is 0 Å². The van der Waals surface area contributed by atoms with Crippen LogP contribution in [0, 0.1) is 6.92 Å². The van der Waals surface area contributed by atoms with Crippen LogP contribution >= 0.6 is 12.4 Å². The van der Waals surface area contributed by atoms with E-state index >= 15 is 0 Å². The molecule has 1 fully saturated rings. The van der Waals surface area contributed by atoms with E-state index < -0.39 is 10.0 Å². The maximum absolute atomic E-state index is 12.8. The third-order valence-corrected chi connectivity index (χ3v) is 6.05. The molecule has 2 unspecified atom stereocenters. The topological polar surface area (TPSA) is 90.5 Å². The summed E-state index contributed by atoms with van der Waals surface area (Å²) in [5.41, 5.74) is 6.38. The summed E-state index contributed by atoms with van der Waals surface area (Å²) in [6, 6.07) is -0.224. The van der Waals surface area contributed by atoms with Gasteiger partial charge in [-0.05, 0) is 19.8 Å². The summed E-state index contributed by atoms with van der Waals surface area (Å²) in [5.74, 6) is 0. The number of aryl methyl sites for hydroxylation is 1. The Labute approximate surface area is 131 Å². The zero-order valence-corrected chi connectivity index (χ0v) is 14.2. The molecule has 122 valence electrons. The molecule has 2 heterocycles. The summed E-state index contributed by atoms with van der Waals surface area (Å²) in [7, 11) is -0.176. The monoisotopic (exact) mass is 338 g/mol. The Hall–Kier alpha value is -0.670. The number of halogens is 1. The lowest BCUT2D eigenvalue weighted by Gasteiger charge is -2.37. The van der Waals surface area contributed by atoms with E-state index in [0.717, 1.165) is 0 Å². The highest BCUT2D eigenvalue weighted by Crippen LogP contribution is 2.27. The molecule has 21 heavy (non-hydrogen) atoms. The maximum atomic E-state index is 12.8. The summed E-state index contributed by atoms with van der Waals surface area (Å²) < 4.78 is 33.9. The predicted molar refractivity (Wildman–Crippen MR) is 82.0 cm³/mol. The van der Waals surface area contributed by atoms with Crippen LogP contribution in [-0.2, 0) is 21.8 Å². The minimum absolute atomic E-state index is 0. The molecule has 2 atom stereocenters. The van der Waals surface area contributed by atoms with Gasteiger partial charge in [-0.15, -0.1) is 12.4 Å². The molecule has 0 aromatic carbocycles. The predicted octanol–water partition coefficient (Wildman–Crippen LogP) is 0.277. The van der Waals surface area contributed by atoms with Gasteiger partial charge in [-0.3, -0.25) is 4.68 Å². The van der Waals surface area contributed by atoms with E-state index in [1.165, 1.54) is 10.5 Å². The van der Waals surface area contributed by atoms with Gasteiger partial charge in [0.2, 0.25) is 10.0 Å². The van der Waals surface area contributed by atoms with Gasteiger partial charge in [0.1, 0.15) is 4.90 Å². The van der Waals surface area contributed by atoms with Crippen LogP contribution in [-0.4, -0.2) is 54.8 Å². The van der Waals surface area contributed by atoms with E-state index in [4.69, 9.17) is 10.5 Å². The van der Waals surface area contributed by atoms with Crippen molar-refractivity contribution in [3.63, 3.8) is 0 Å². The van der Waals surface area contributed by atoms with Crippen LogP contribution < -0.4 is 5.73 Å². The fourth-order valence-corrected chi connectivity index (χ4v) is 4.44. The Morgan fingerprint density at radius 1 is 1.52 bits per heavy atom. The number of hydrogen-bond acceptors (Lipinski definition) is 5. The molecule has 0 bridgehead atoms. The standard InChI is InChI=1S/C12H22N4O3S.ClH/c1-9-12(8-14-15(9)2)20(17,18)16-5-4-11(19-3)6-10(16)7-13;/h8,10-11H,4-7,13H2,1-3H3;1H. The number of rotatable bonds is 4. The molecule has 0 spiro atoms. The second-order valence-electron chi connectivity index (χ2n) is 5.11. The van der Waals surface area contributed by atoms with Crippen LogP contribution in [0.5, 0.6) is 0 Å². The number of nitrogens with zero attached hydrogens (tertiary/aromatic N) is 3. The van der Waals surface area contributed by atoms with Crippen molar-refractivity contribution in [3.05, 3.63) is 11.9 Å². The fourth-order valence-electron chi connectivity index (χ4n) is 2.60. The molecular formula is C12H23ClN4O3S. The van der Waals surface area contributed by atoms with Crippen molar-refractivity contribution in [2.45, 2.75) is 36.8 Å². The Bertz CT molecular complexity index is 575. The zero-order valence-electron chi connectivity index (χ0n) is 12.5. The van der Waals surface area contributed by atoms with Gasteiger partial charge in [0.25, 0.3) is 0 Å². The fraction of sp³-hybridized carbons (Fsp3) is 0.750. The lowest BCUT2D eigenvalue weighted by molar-refractivity contribution is 0.0401. The van der Waals surface area contributed by atoms with Crippen LogP contribution in [0.25, 0.3) is 0 Å². The second kappa shape index (κ2) is 7.06. The van der Waals surface area contributed by atoms with E-state index in [-0.39, 0.29) is 29.4 Å². The van der Waals surface area contributed by atoms with Gasteiger partial charge in [0, 0.05) is 33.3 Å². The summed E-state index contributed by atoms with van der Waals surface area (Å²) in [4.78, 5) is 0.259. The Balaban J connectivity index is 0.00000220. The molecule has 0 amide bonds. The van der Waals surface area contributed by atoms with Crippen molar-refractivity contribution >= 4 is 22.4 Å². The molecule has 1 saturated heterocycles. The van der Waals surface area contributed by atoms with Crippen molar-refractivity contribution in [1.29, 1.82) is 0 Å². The lowest BCUT2D eigenvalue weighted by Crippen LogP contribution is -2.51. The van der Waals surface area contributed by atoms with E-state index in [1.54, 1.807) is 25.8 Å². The highest BCUT2D eigenvalue weighted by molar-refractivity contribution is 7.89. The van der Waals surface area contributed by atoms with Crippen molar-refractivity contribution in [2.24, 2.45) is 12.8 Å². The van der Waals surface area contributed by atoms with Crippen LogP contribution in [0.15, 0.2) is 11.1 Å². The molecule has 0 aliphatic carbocycles. The third-order valence-electron chi connectivity index (χ3n) is 4.00. The first-order valence-corrected chi connectivity index (χ1v) is 8.09. The number of nitrogens with two attached hydrogens (primary N) is 1. The number of aromatic nitrogens is 2. The van der Waals surface area contributed by atoms with Gasteiger partial charge in [0.05, 0.1) is 18.0 Å². The largest absolute Gasteiger partial charge is 0.381 e. The minimum Gasteiger partial charge on any atom is -0.381 e. The molecule has 1 aromatic heterocycles. The maximum Gasteiger partial charge on any atom is 0.246 e. The number of hydrogen-bond donors (Lipinski definition) is 1. The van der Waals surface area contributed by atoms with Crippen LogP contribution in [0.1, 0.15) is 18.5 Å². The van der Waals surface area contributed by atoms with E-state index in [9.17, 15) is 8.42 Å². The summed E-state index contributed by atoms with van der Waals surface area (Å²) in [6.07, 6.45) is 2.79. The van der Waals surface area contributed by atoms with Gasteiger partial charge >= 0.3 is 0 Å². The van der Waals surface area contributed by atoms with Crippen molar-refractivity contribution < 1.29 is 13.2 Å². The number of methoxy groups -OCH3 is 1. The number of piperidine rings is 1. The van der Waals surface area contributed by atoms with Crippen molar-refractivity contribution in [2.75, 3.05) is 20.2 Å². The van der Waals surface area contributed by atoms with Gasteiger partial charge < -0.3 is 10.5 Å². The minimum atomic E-state index is -3.55. The van der Waals surface area contributed by atoms with Crippen LogP contribution in [0.3, 0.4) is 0 Å². The van der Waals surface area contributed by atoms with E-state index in [0.29, 0.717) is 31.6 Å². The molecule has 7 nitrogen and oxygen atoms in total. The molecule has 0 saturated carbocycles. The van der Waals surface area contributed by atoms with Gasteiger partial charge in [-0.25, -0.2) is 8.42 Å². The molecule has 0 radical (unpaired) electrons. The first-order chi connectivity index (χ1) is 9.41. The molecule has 1 aliphatic heterocycles. The molecule has 2 N–H and O–H groups in total. The molecule has 9 heteroatoms. The molecule has 2 rings (SSSR count). The smallest absolute Gasteiger partial charge is 0.246 e. The molecular weight excluding hydrogens is 316 g/mol. The Kier molecular flexibility index (Phi) is 6.18. The number of ether oxygens (including phenoxy) is 1. The first kappa shape index (κ1) is 18.4. The lowest BCUT2D eigenvalue weighted by atomic mass is 10.0. The van der Waals surface area contributed by atoms with Gasteiger partial charge in [-0.1, -0.05) is 0 Å². The SMILES string of the molecule is COC1CCN(S(=O)(=O)c2cnn(C)c2C)C(CN)C1.Cl. The quantitative estimate of drug-likeness (QED) is 0.851. The Morgan fingerprint density at radius 3 is 2.67 bits per heavy atom. The van der Waals surface area contributed by atoms with Crippen LogP contribution in [0.2, 0.25) is 0 Å². The van der Waals surface area contributed by atoms with Crippen LogP contribution in [0.4, 0.5) is 0 Å². The average Bonchev–Trinajstić information content (AvgIpc) is 2.78. The van der Waals surface area contributed by atoms with Crippen molar-refractivity contribution in [3.8, 4) is 0 Å². The van der Waals surface area contributed by atoms with Gasteiger partial charge in [-0.2, -0.15) is 9.40 Å². The normalized spacial score (nSPS) is 23.8. The molecule has 1 aromatic rings. The molecule has 1 aliphatic rings. The zero-order chi connectivity index (χ0) is 14.9. The second-order valence-corrected chi connectivity index (χ2v) is 6.96. The highest BCUT2D eigenvalue weighted by Gasteiger charge is 2.37. The summed E-state index contributed by atoms with van der Waals surface area (Å²) in [6.45, 7) is 2.47. The first-order valence-electron chi connectivity index (χ1n) is 6.65. The average molecular weight is 339 g/mol. The summed E-state index contributed by atoms with van der Waals surface area (Å²) >= 11 is 0. The highest BCUT2D eigenvalue weighted by atomic mass is 35.5. The Morgan fingerprint density at radius 2 is 2.19 bits per heavy atom. The number of sulfonamides is 1. The van der Waals surface area contributed by atoms with E-state index in [1.807, 2.05) is 0 Å². The third kappa shape index (κ3) is 3.40. The van der Waals surface area contributed by atoms with E-state index in [2.05, 4.69) is 5.10 Å². The van der Waals surface area contributed by atoms with Crippen molar-refractivity contribution in [1.82, 2.24) is 14.1 Å².